The smallest absolute Gasteiger partial charge is 0.275 e. The number of hydrogen-bond acceptors (Lipinski definition) is 5. The zero-order valence-electron chi connectivity index (χ0n) is 13.4. The summed E-state index contributed by atoms with van der Waals surface area (Å²) in [5.74, 6) is -0.279. The van der Waals surface area contributed by atoms with Gasteiger partial charge in [-0.2, -0.15) is 5.10 Å². The minimum atomic E-state index is -0.573. The number of rotatable bonds is 4. The SMILES string of the molecule is COc1ccc(C(=O)N/N=C\c2c(O)ccc3ccccc23)c(O)c1. The maximum atomic E-state index is 12.1. The molecule has 0 heterocycles. The van der Waals surface area contributed by atoms with Crippen molar-refractivity contribution < 1.29 is 19.7 Å². The van der Waals surface area contributed by atoms with Crippen LogP contribution in [0.25, 0.3) is 10.8 Å². The zero-order valence-corrected chi connectivity index (χ0v) is 13.4. The van der Waals surface area contributed by atoms with E-state index in [1.54, 1.807) is 18.2 Å². The molecule has 3 N–H and O–H groups in total. The van der Waals surface area contributed by atoms with Crippen LogP contribution < -0.4 is 10.2 Å². The second-order valence-electron chi connectivity index (χ2n) is 5.30. The molecule has 0 aliphatic carbocycles. The average molecular weight is 336 g/mol. The van der Waals surface area contributed by atoms with E-state index in [1.165, 1.54) is 25.5 Å². The molecule has 3 aromatic carbocycles. The molecule has 126 valence electrons. The third kappa shape index (κ3) is 3.37. The van der Waals surface area contributed by atoms with E-state index in [0.717, 1.165) is 10.8 Å². The van der Waals surface area contributed by atoms with Crippen molar-refractivity contribution in [2.24, 2.45) is 5.10 Å². The summed E-state index contributed by atoms with van der Waals surface area (Å²) in [6, 6.07) is 15.2. The van der Waals surface area contributed by atoms with E-state index in [9.17, 15) is 15.0 Å². The highest BCUT2D eigenvalue weighted by molar-refractivity contribution is 6.03. The van der Waals surface area contributed by atoms with E-state index in [-0.39, 0.29) is 17.1 Å². The minimum absolute atomic E-state index is 0.0593. The molecule has 0 spiro atoms. The minimum Gasteiger partial charge on any atom is -0.507 e. The molecular formula is C19H16N2O4. The van der Waals surface area contributed by atoms with Crippen LogP contribution in [0.4, 0.5) is 0 Å². The molecule has 0 aliphatic heterocycles. The van der Waals surface area contributed by atoms with E-state index in [1.807, 2.05) is 24.3 Å². The van der Waals surface area contributed by atoms with E-state index < -0.39 is 5.91 Å². The highest BCUT2D eigenvalue weighted by Gasteiger charge is 2.11. The van der Waals surface area contributed by atoms with E-state index >= 15 is 0 Å². The predicted octanol–water partition coefficient (Wildman–Crippen LogP) is 3.02. The van der Waals surface area contributed by atoms with Crippen LogP contribution in [0.2, 0.25) is 0 Å². The summed E-state index contributed by atoms with van der Waals surface area (Å²) in [5.41, 5.74) is 2.90. The third-order valence-corrected chi connectivity index (χ3v) is 3.76. The Morgan fingerprint density at radius 2 is 1.88 bits per heavy atom. The highest BCUT2D eigenvalue weighted by Crippen LogP contribution is 2.25. The number of phenols is 2. The number of carbonyl (C=O) groups is 1. The molecule has 1 amide bonds. The highest BCUT2D eigenvalue weighted by atomic mass is 16.5. The predicted molar refractivity (Wildman–Crippen MR) is 95.3 cm³/mol. The maximum Gasteiger partial charge on any atom is 0.275 e. The van der Waals surface area contributed by atoms with Gasteiger partial charge in [0.25, 0.3) is 5.91 Å². The number of fused-ring (bicyclic) bond motifs is 1. The number of methoxy groups -OCH3 is 1. The fourth-order valence-corrected chi connectivity index (χ4v) is 2.47. The molecule has 3 aromatic rings. The van der Waals surface area contributed by atoms with Crippen molar-refractivity contribution in [3.05, 3.63) is 65.7 Å². The summed E-state index contributed by atoms with van der Waals surface area (Å²) < 4.78 is 4.97. The molecule has 0 bridgehead atoms. The van der Waals surface area contributed by atoms with Gasteiger partial charge < -0.3 is 14.9 Å². The first-order valence-electron chi connectivity index (χ1n) is 7.51. The van der Waals surface area contributed by atoms with Crippen molar-refractivity contribution >= 4 is 22.9 Å². The summed E-state index contributed by atoms with van der Waals surface area (Å²) in [6.07, 6.45) is 1.37. The van der Waals surface area contributed by atoms with Gasteiger partial charge in [0.05, 0.1) is 18.9 Å². The average Bonchev–Trinajstić information content (AvgIpc) is 2.63. The van der Waals surface area contributed by atoms with Gasteiger partial charge in [-0.25, -0.2) is 5.43 Å². The Morgan fingerprint density at radius 1 is 1.08 bits per heavy atom. The van der Waals surface area contributed by atoms with Crippen LogP contribution in [-0.2, 0) is 0 Å². The summed E-state index contributed by atoms with van der Waals surface area (Å²) in [7, 11) is 1.47. The Kier molecular flexibility index (Phi) is 4.52. The quantitative estimate of drug-likeness (QED) is 0.504. The molecule has 0 radical (unpaired) electrons. The van der Waals surface area contributed by atoms with Gasteiger partial charge in [0.2, 0.25) is 0 Å². The van der Waals surface area contributed by atoms with Crippen LogP contribution in [0, 0.1) is 0 Å². The van der Waals surface area contributed by atoms with Crippen LogP contribution in [0.15, 0.2) is 59.7 Å². The molecule has 6 heteroatoms. The summed E-state index contributed by atoms with van der Waals surface area (Å²) >= 11 is 0. The summed E-state index contributed by atoms with van der Waals surface area (Å²) in [4.78, 5) is 12.1. The van der Waals surface area contributed by atoms with Gasteiger partial charge in [0.15, 0.2) is 0 Å². The number of nitrogens with one attached hydrogen (secondary N) is 1. The standard InChI is InChI=1S/C19H16N2O4/c1-25-13-7-8-15(18(23)10-13)19(24)21-20-11-16-14-5-3-2-4-12(14)6-9-17(16)22/h2-11,22-23H,1H3,(H,21,24)/b20-11-. The molecule has 0 saturated heterocycles. The number of phenolic OH excluding ortho intramolecular Hbond substituents is 2. The monoisotopic (exact) mass is 336 g/mol. The number of benzene rings is 3. The van der Waals surface area contributed by atoms with Crippen LogP contribution >= 0.6 is 0 Å². The van der Waals surface area contributed by atoms with Gasteiger partial charge in [0, 0.05) is 11.6 Å². The van der Waals surface area contributed by atoms with Crippen molar-refractivity contribution in [3.63, 3.8) is 0 Å². The Bertz CT molecular complexity index is 967. The van der Waals surface area contributed by atoms with Crippen molar-refractivity contribution in [3.8, 4) is 17.2 Å². The third-order valence-electron chi connectivity index (χ3n) is 3.76. The Labute approximate surface area is 144 Å². The zero-order chi connectivity index (χ0) is 17.8. The number of nitrogens with zero attached hydrogens (tertiary/aromatic N) is 1. The van der Waals surface area contributed by atoms with E-state index in [4.69, 9.17) is 4.74 Å². The van der Waals surface area contributed by atoms with Crippen LogP contribution in [0.1, 0.15) is 15.9 Å². The lowest BCUT2D eigenvalue weighted by Gasteiger charge is -2.06. The lowest BCUT2D eigenvalue weighted by molar-refractivity contribution is 0.0952. The number of ether oxygens (including phenoxy) is 1. The number of hydrazone groups is 1. The topological polar surface area (TPSA) is 91.2 Å². The number of amides is 1. The normalized spacial score (nSPS) is 10.9. The van der Waals surface area contributed by atoms with Crippen molar-refractivity contribution in [1.82, 2.24) is 5.43 Å². The second-order valence-corrected chi connectivity index (χ2v) is 5.30. The molecule has 6 nitrogen and oxygen atoms in total. The van der Waals surface area contributed by atoms with Crippen LogP contribution in [-0.4, -0.2) is 29.4 Å². The first-order chi connectivity index (χ1) is 12.1. The van der Waals surface area contributed by atoms with Gasteiger partial charge in [-0.05, 0) is 29.0 Å². The lowest BCUT2D eigenvalue weighted by Crippen LogP contribution is -2.17. The lowest BCUT2D eigenvalue weighted by atomic mass is 10.0. The molecule has 0 saturated carbocycles. The number of hydrogen-bond donors (Lipinski definition) is 3. The molecule has 0 atom stereocenters. The number of carbonyl (C=O) groups excluding carboxylic acids is 1. The summed E-state index contributed by atoms with van der Waals surface area (Å²) in [6.45, 7) is 0. The summed E-state index contributed by atoms with van der Waals surface area (Å²) in [5, 5.41) is 25.5. The molecule has 0 aromatic heterocycles. The first kappa shape index (κ1) is 16.3. The van der Waals surface area contributed by atoms with Gasteiger partial charge in [-0.15, -0.1) is 0 Å². The number of aromatic hydroxyl groups is 2. The Morgan fingerprint density at radius 3 is 2.64 bits per heavy atom. The van der Waals surface area contributed by atoms with Crippen LogP contribution in [0.3, 0.4) is 0 Å². The first-order valence-corrected chi connectivity index (χ1v) is 7.51. The molecule has 25 heavy (non-hydrogen) atoms. The van der Waals surface area contributed by atoms with Crippen molar-refractivity contribution in [1.29, 1.82) is 0 Å². The van der Waals surface area contributed by atoms with Crippen molar-refractivity contribution in [2.45, 2.75) is 0 Å². The van der Waals surface area contributed by atoms with Crippen LogP contribution in [0.5, 0.6) is 17.2 Å². The molecule has 0 unspecified atom stereocenters. The van der Waals surface area contributed by atoms with Gasteiger partial charge in [-0.1, -0.05) is 30.3 Å². The van der Waals surface area contributed by atoms with Gasteiger partial charge in [-0.3, -0.25) is 4.79 Å². The molecular weight excluding hydrogens is 320 g/mol. The van der Waals surface area contributed by atoms with Gasteiger partial charge in [0.1, 0.15) is 17.2 Å². The van der Waals surface area contributed by atoms with E-state index in [0.29, 0.717) is 11.3 Å². The fraction of sp³-hybridized carbons (Fsp3) is 0.0526. The fourth-order valence-electron chi connectivity index (χ4n) is 2.47. The van der Waals surface area contributed by atoms with Gasteiger partial charge >= 0.3 is 0 Å². The Balaban J connectivity index is 1.82. The molecule has 3 rings (SSSR count). The molecule has 0 fully saturated rings. The second kappa shape index (κ2) is 6.92. The Hall–Kier alpha value is -3.54. The molecule has 0 aliphatic rings. The maximum absolute atomic E-state index is 12.1. The van der Waals surface area contributed by atoms with Crippen molar-refractivity contribution in [2.75, 3.05) is 7.11 Å². The largest absolute Gasteiger partial charge is 0.507 e. The van der Waals surface area contributed by atoms with E-state index in [2.05, 4.69) is 10.5 Å².